The van der Waals surface area contributed by atoms with Crippen molar-refractivity contribution in [3.8, 4) is 11.1 Å². The number of carbonyl (C=O) groups excluding carboxylic acids is 2. The first-order valence-corrected chi connectivity index (χ1v) is 11.5. The highest BCUT2D eigenvalue weighted by Gasteiger charge is 2.34. The second-order valence-corrected chi connectivity index (χ2v) is 9.07. The Bertz CT molecular complexity index is 1210. The van der Waals surface area contributed by atoms with Crippen molar-refractivity contribution in [2.24, 2.45) is 0 Å². The molecule has 31 heavy (non-hydrogen) atoms. The zero-order valence-corrected chi connectivity index (χ0v) is 19.1. The third-order valence-electron chi connectivity index (χ3n) is 5.95. The second kappa shape index (κ2) is 8.39. The highest BCUT2D eigenvalue weighted by atomic mass is 79.9. The molecule has 0 atom stereocenters. The normalized spacial score (nSPS) is 16.7. The number of rotatable bonds is 5. The van der Waals surface area contributed by atoms with Gasteiger partial charge in [0, 0.05) is 54.2 Å². The Morgan fingerprint density at radius 2 is 1.81 bits per heavy atom. The molecule has 3 aromatic rings. The Hall–Kier alpha value is -2.19. The Morgan fingerprint density at radius 1 is 1.06 bits per heavy atom. The minimum atomic E-state index is -0.385. The lowest BCUT2D eigenvalue weighted by molar-refractivity contribution is 0.0369. The average molecular weight is 505 g/mol. The van der Waals surface area contributed by atoms with Crippen LogP contribution in [0.15, 0.2) is 41.0 Å². The summed E-state index contributed by atoms with van der Waals surface area (Å²) in [5.74, 6) is -0.755. The summed E-state index contributed by atoms with van der Waals surface area (Å²) in [6.07, 6.45) is 2.97. The first-order chi connectivity index (χ1) is 15.0. The van der Waals surface area contributed by atoms with E-state index < -0.39 is 0 Å². The lowest BCUT2D eigenvalue weighted by Crippen LogP contribution is -2.37. The fourth-order valence-corrected chi connectivity index (χ4v) is 5.35. The maximum atomic E-state index is 12.7. The van der Waals surface area contributed by atoms with Crippen molar-refractivity contribution >= 4 is 50.2 Å². The molecule has 2 aromatic carbocycles. The van der Waals surface area contributed by atoms with E-state index in [0.29, 0.717) is 21.7 Å². The number of imide groups is 1. The number of hydrogen-bond acceptors (Lipinski definition) is 4. The summed E-state index contributed by atoms with van der Waals surface area (Å²) in [7, 11) is 0. The van der Waals surface area contributed by atoms with Crippen molar-refractivity contribution in [1.82, 2.24) is 14.8 Å². The van der Waals surface area contributed by atoms with Crippen LogP contribution in [0.2, 0.25) is 5.02 Å². The number of halogens is 2. The molecule has 1 N–H and O–H groups in total. The molecular formula is C23H23BrClN3O3. The average Bonchev–Trinajstić information content (AvgIpc) is 3.24. The van der Waals surface area contributed by atoms with Gasteiger partial charge in [0.15, 0.2) is 0 Å². The fourth-order valence-electron chi connectivity index (χ4n) is 4.47. The molecule has 0 radical (unpaired) electrons. The second-order valence-electron chi connectivity index (χ2n) is 7.81. The van der Waals surface area contributed by atoms with Gasteiger partial charge in [-0.15, -0.1) is 0 Å². The number of ether oxygens (including phenoxy) is 1. The Kier molecular flexibility index (Phi) is 5.60. The molecule has 162 valence electrons. The van der Waals surface area contributed by atoms with Gasteiger partial charge in [-0.1, -0.05) is 29.8 Å². The number of fused-ring (bicyclic) bond motifs is 3. The number of nitrogens with zero attached hydrogens (tertiary/aromatic N) is 2. The highest BCUT2D eigenvalue weighted by Crippen LogP contribution is 2.41. The monoisotopic (exact) mass is 503 g/mol. The summed E-state index contributed by atoms with van der Waals surface area (Å²) in [5, 5.41) is 3.76. The minimum absolute atomic E-state index is 0. The molecule has 2 aliphatic rings. The SMILES string of the molecule is O=C1NC(=O)c2c1c(-c1ccccc1Cl)cc1c2c(Br)cn1CCCN1CCOCC1.[HH]. The maximum absolute atomic E-state index is 12.7. The van der Waals surface area contributed by atoms with Gasteiger partial charge in [0.2, 0.25) is 0 Å². The van der Waals surface area contributed by atoms with Crippen LogP contribution in [0.1, 0.15) is 28.6 Å². The van der Waals surface area contributed by atoms with Crippen LogP contribution in [0.4, 0.5) is 0 Å². The van der Waals surface area contributed by atoms with Gasteiger partial charge < -0.3 is 9.30 Å². The van der Waals surface area contributed by atoms with Crippen molar-refractivity contribution in [1.29, 1.82) is 0 Å². The number of morpholine rings is 1. The summed E-state index contributed by atoms with van der Waals surface area (Å²) in [4.78, 5) is 27.8. The quantitative estimate of drug-likeness (QED) is 0.517. The predicted molar refractivity (Wildman–Crippen MR) is 126 cm³/mol. The molecule has 1 fully saturated rings. The molecule has 3 heterocycles. The number of benzene rings is 2. The summed E-state index contributed by atoms with van der Waals surface area (Å²) < 4.78 is 8.38. The number of carbonyl (C=O) groups is 2. The first-order valence-electron chi connectivity index (χ1n) is 10.3. The van der Waals surface area contributed by atoms with E-state index in [1.165, 1.54) is 0 Å². The Morgan fingerprint density at radius 3 is 2.58 bits per heavy atom. The third kappa shape index (κ3) is 3.69. The van der Waals surface area contributed by atoms with Crippen LogP contribution in [0.5, 0.6) is 0 Å². The highest BCUT2D eigenvalue weighted by molar-refractivity contribution is 9.10. The standard InChI is InChI=1S/C23H21BrClN3O3.H2/c24-16-13-28(7-3-6-27-8-10-31-11-9-27)18-12-15(14-4-1-2-5-17(14)25)19-21(20(16)18)23(30)26-22(19)29;/h1-2,4-5,12-13H,3,6-11H2,(H,26,29,30);1H. The van der Waals surface area contributed by atoms with E-state index in [1.54, 1.807) is 6.07 Å². The number of aromatic nitrogens is 1. The van der Waals surface area contributed by atoms with Crippen molar-refractivity contribution in [3.63, 3.8) is 0 Å². The van der Waals surface area contributed by atoms with Gasteiger partial charge in [0.25, 0.3) is 11.8 Å². The van der Waals surface area contributed by atoms with E-state index in [1.807, 2.05) is 30.5 Å². The van der Waals surface area contributed by atoms with Gasteiger partial charge in [-0.2, -0.15) is 0 Å². The summed E-state index contributed by atoms with van der Waals surface area (Å²) >= 11 is 10.1. The van der Waals surface area contributed by atoms with Gasteiger partial charge >= 0.3 is 0 Å². The van der Waals surface area contributed by atoms with Crippen LogP contribution < -0.4 is 5.32 Å². The molecule has 1 aromatic heterocycles. The molecule has 0 aliphatic carbocycles. The molecule has 0 bridgehead atoms. The van der Waals surface area contributed by atoms with Crippen LogP contribution in [-0.2, 0) is 11.3 Å². The number of hydrogen-bond donors (Lipinski definition) is 1. The summed E-state index contributed by atoms with van der Waals surface area (Å²) in [6.45, 7) is 5.28. The molecule has 1 saturated heterocycles. The summed E-state index contributed by atoms with van der Waals surface area (Å²) in [6, 6.07) is 9.37. The molecular weight excluding hydrogens is 482 g/mol. The molecule has 2 amide bonds. The fraction of sp³-hybridized carbons (Fsp3) is 0.304. The Balaban J connectivity index is 0.00000245. The molecule has 5 rings (SSSR count). The van der Waals surface area contributed by atoms with Crippen molar-refractivity contribution in [2.75, 3.05) is 32.8 Å². The van der Waals surface area contributed by atoms with Crippen LogP contribution >= 0.6 is 27.5 Å². The van der Waals surface area contributed by atoms with E-state index >= 15 is 0 Å². The number of nitrogens with one attached hydrogen (secondary N) is 1. The topological polar surface area (TPSA) is 63.6 Å². The number of amides is 2. The van der Waals surface area contributed by atoms with E-state index in [9.17, 15) is 9.59 Å². The van der Waals surface area contributed by atoms with Crippen molar-refractivity contribution in [2.45, 2.75) is 13.0 Å². The molecule has 8 heteroatoms. The maximum Gasteiger partial charge on any atom is 0.259 e. The molecule has 0 saturated carbocycles. The first kappa shape index (κ1) is 20.7. The lowest BCUT2D eigenvalue weighted by Gasteiger charge is -2.26. The molecule has 2 aliphatic heterocycles. The Labute approximate surface area is 194 Å². The predicted octanol–water partition coefficient (Wildman–Crippen LogP) is 4.58. The van der Waals surface area contributed by atoms with Crippen molar-refractivity contribution in [3.05, 3.63) is 57.2 Å². The zero-order valence-electron chi connectivity index (χ0n) is 16.8. The van der Waals surface area contributed by atoms with Gasteiger partial charge in [-0.25, -0.2) is 0 Å². The van der Waals surface area contributed by atoms with E-state index in [-0.39, 0.29) is 13.2 Å². The number of aryl methyl sites for hydroxylation is 1. The largest absolute Gasteiger partial charge is 0.379 e. The van der Waals surface area contributed by atoms with Crippen molar-refractivity contribution < 1.29 is 15.8 Å². The zero-order chi connectivity index (χ0) is 21.5. The van der Waals surface area contributed by atoms with Crippen LogP contribution in [0.3, 0.4) is 0 Å². The third-order valence-corrected chi connectivity index (χ3v) is 6.88. The van der Waals surface area contributed by atoms with E-state index in [2.05, 4.69) is 30.7 Å². The molecule has 0 unspecified atom stereocenters. The van der Waals surface area contributed by atoms with E-state index in [0.717, 1.165) is 66.8 Å². The van der Waals surface area contributed by atoms with Crippen LogP contribution in [0, 0.1) is 0 Å². The van der Waals surface area contributed by atoms with Crippen LogP contribution in [-0.4, -0.2) is 54.1 Å². The van der Waals surface area contributed by atoms with Gasteiger partial charge in [0.05, 0.1) is 29.9 Å². The molecule has 6 nitrogen and oxygen atoms in total. The smallest absolute Gasteiger partial charge is 0.259 e. The van der Waals surface area contributed by atoms with Gasteiger partial charge in [0.1, 0.15) is 0 Å². The van der Waals surface area contributed by atoms with Crippen LogP contribution in [0.25, 0.3) is 22.0 Å². The van der Waals surface area contributed by atoms with Gasteiger partial charge in [-0.3, -0.25) is 19.8 Å². The molecule has 0 spiro atoms. The van der Waals surface area contributed by atoms with E-state index in [4.69, 9.17) is 16.3 Å². The lowest BCUT2D eigenvalue weighted by atomic mass is 9.94. The minimum Gasteiger partial charge on any atom is -0.379 e. The van der Waals surface area contributed by atoms with Gasteiger partial charge in [-0.05, 0) is 40.0 Å². The summed E-state index contributed by atoms with van der Waals surface area (Å²) in [5.41, 5.74) is 3.13.